The summed E-state index contributed by atoms with van der Waals surface area (Å²) in [6, 6.07) is 15.3. The first kappa shape index (κ1) is 23.0. The summed E-state index contributed by atoms with van der Waals surface area (Å²) in [6.07, 6.45) is 0. The first-order chi connectivity index (χ1) is 14.6. The minimum Gasteiger partial charge on any atom is -0.383 e. The molecule has 0 aliphatic carbocycles. The first-order valence-electron chi connectivity index (χ1n) is 9.49. The number of sulfonamides is 1. The Kier molecular flexibility index (Phi) is 6.86. The van der Waals surface area contributed by atoms with Crippen molar-refractivity contribution >= 4 is 27.5 Å². The van der Waals surface area contributed by atoms with Crippen molar-refractivity contribution in [3.8, 4) is 16.9 Å². The van der Waals surface area contributed by atoms with Gasteiger partial charge in [0, 0.05) is 37.1 Å². The van der Waals surface area contributed by atoms with Gasteiger partial charge in [-0.3, -0.25) is 4.79 Å². The number of nitrogens with two attached hydrogens (primary N) is 1. The predicted octanol–water partition coefficient (Wildman–Crippen LogP) is 3.47. The summed E-state index contributed by atoms with van der Waals surface area (Å²) in [7, 11) is -0.493. The second kappa shape index (κ2) is 9.23. The van der Waals surface area contributed by atoms with Crippen molar-refractivity contribution < 1.29 is 17.9 Å². The molecule has 0 unspecified atom stereocenters. The largest absolute Gasteiger partial charge is 0.383 e. The van der Waals surface area contributed by atoms with Gasteiger partial charge in [0.25, 0.3) is 5.91 Å². The molecule has 31 heavy (non-hydrogen) atoms. The highest BCUT2D eigenvalue weighted by molar-refractivity contribution is 7.89. The van der Waals surface area contributed by atoms with E-state index in [9.17, 15) is 13.2 Å². The molecule has 0 spiro atoms. The summed E-state index contributed by atoms with van der Waals surface area (Å²) in [5.41, 5.74) is 3.61. The number of rotatable bonds is 7. The van der Waals surface area contributed by atoms with Crippen molar-refractivity contribution in [1.29, 1.82) is 0 Å². The maximum Gasteiger partial charge on any atom is 0.255 e. The number of carbonyl (C=O) groups excluding carboxylic acids is 1. The smallest absolute Gasteiger partial charge is 0.255 e. The monoisotopic (exact) mass is 461 g/mol. The van der Waals surface area contributed by atoms with Crippen molar-refractivity contribution in [2.24, 2.45) is 5.14 Å². The highest BCUT2D eigenvalue weighted by atomic mass is 35.5. The van der Waals surface area contributed by atoms with E-state index >= 15 is 0 Å². The maximum atomic E-state index is 13.1. The van der Waals surface area contributed by atoms with Crippen LogP contribution in [0.25, 0.3) is 16.9 Å². The molecule has 9 heteroatoms. The van der Waals surface area contributed by atoms with E-state index in [1.54, 1.807) is 43.3 Å². The summed E-state index contributed by atoms with van der Waals surface area (Å²) < 4.78 is 30.2. The van der Waals surface area contributed by atoms with Crippen LogP contribution < -0.4 is 5.14 Å². The number of benzene rings is 2. The Hall–Kier alpha value is -2.65. The molecule has 1 heterocycles. The molecule has 0 aliphatic rings. The topological polar surface area (TPSA) is 94.6 Å². The van der Waals surface area contributed by atoms with Crippen molar-refractivity contribution in [1.82, 2.24) is 9.47 Å². The van der Waals surface area contributed by atoms with Gasteiger partial charge in [-0.25, -0.2) is 13.6 Å². The average Bonchev–Trinajstić information content (AvgIpc) is 3.08. The van der Waals surface area contributed by atoms with Gasteiger partial charge in [0.05, 0.1) is 22.8 Å². The molecule has 3 aromatic rings. The molecule has 2 aromatic carbocycles. The zero-order chi connectivity index (χ0) is 22.8. The number of methoxy groups -OCH3 is 1. The lowest BCUT2D eigenvalue weighted by atomic mass is 10.1. The van der Waals surface area contributed by atoms with Crippen LogP contribution in [-0.4, -0.2) is 51.1 Å². The van der Waals surface area contributed by atoms with Crippen LogP contribution in [0.4, 0.5) is 0 Å². The fraction of sp³-hybridized carbons (Fsp3) is 0.227. The molecule has 0 saturated carbocycles. The predicted molar refractivity (Wildman–Crippen MR) is 121 cm³/mol. The van der Waals surface area contributed by atoms with Crippen molar-refractivity contribution in [2.75, 3.05) is 27.3 Å². The minimum absolute atomic E-state index is 0.0182. The Labute approximate surface area is 187 Å². The van der Waals surface area contributed by atoms with E-state index < -0.39 is 10.0 Å². The van der Waals surface area contributed by atoms with E-state index in [0.29, 0.717) is 29.4 Å². The van der Waals surface area contributed by atoms with Crippen molar-refractivity contribution in [3.63, 3.8) is 0 Å². The highest BCUT2D eigenvalue weighted by Gasteiger charge is 2.22. The number of halogens is 1. The molecule has 7 nitrogen and oxygen atoms in total. The number of hydrogen-bond donors (Lipinski definition) is 1. The number of carbonyl (C=O) groups is 1. The molecule has 0 bridgehead atoms. The van der Waals surface area contributed by atoms with Crippen LogP contribution in [0.15, 0.2) is 59.5 Å². The molecular formula is C22H24ClN3O4S. The standard InChI is InChI=1S/C22H24ClN3O4S/c1-15-20(22(27)25(2)12-13-30-3)14-21(16-4-6-17(23)7-5-16)26(15)18-8-10-19(11-9-18)31(24,28)29/h4-11,14H,12-13H2,1-3H3,(H2,24,28,29). The van der Waals surface area contributed by atoms with Crippen LogP contribution in [0.2, 0.25) is 5.02 Å². The fourth-order valence-corrected chi connectivity index (χ4v) is 3.95. The second-order valence-electron chi connectivity index (χ2n) is 7.13. The third-order valence-corrected chi connectivity index (χ3v) is 6.20. The number of likely N-dealkylation sites (N-methyl/N-ethyl adjacent to an activating group) is 1. The maximum absolute atomic E-state index is 13.1. The molecule has 1 amide bonds. The van der Waals surface area contributed by atoms with Gasteiger partial charge in [-0.05, 0) is 55.0 Å². The number of primary sulfonamides is 1. The summed E-state index contributed by atoms with van der Waals surface area (Å²) in [4.78, 5) is 14.7. The van der Waals surface area contributed by atoms with E-state index in [1.807, 2.05) is 29.7 Å². The lowest BCUT2D eigenvalue weighted by Crippen LogP contribution is -2.30. The molecule has 0 fully saturated rings. The van der Waals surface area contributed by atoms with E-state index in [2.05, 4.69) is 0 Å². The van der Waals surface area contributed by atoms with Gasteiger partial charge in [-0.2, -0.15) is 0 Å². The molecule has 2 N–H and O–H groups in total. The zero-order valence-corrected chi connectivity index (χ0v) is 19.1. The van der Waals surface area contributed by atoms with E-state index in [-0.39, 0.29) is 10.8 Å². The third kappa shape index (κ3) is 4.99. The van der Waals surface area contributed by atoms with Gasteiger partial charge in [0.2, 0.25) is 10.0 Å². The Morgan fingerprint density at radius 2 is 1.74 bits per heavy atom. The van der Waals surface area contributed by atoms with Gasteiger partial charge in [0.1, 0.15) is 0 Å². The number of nitrogens with zero attached hydrogens (tertiary/aromatic N) is 2. The normalized spacial score (nSPS) is 11.5. The SMILES string of the molecule is COCCN(C)C(=O)c1cc(-c2ccc(Cl)cc2)n(-c2ccc(S(N)(=O)=O)cc2)c1C. The summed E-state index contributed by atoms with van der Waals surface area (Å²) in [5, 5.41) is 5.82. The van der Waals surface area contributed by atoms with Gasteiger partial charge in [0.15, 0.2) is 0 Å². The summed E-state index contributed by atoms with van der Waals surface area (Å²) >= 11 is 6.04. The van der Waals surface area contributed by atoms with Gasteiger partial charge in [-0.15, -0.1) is 0 Å². The molecular weight excluding hydrogens is 438 g/mol. The van der Waals surface area contributed by atoms with Crippen molar-refractivity contribution in [2.45, 2.75) is 11.8 Å². The molecule has 0 saturated heterocycles. The molecule has 0 aliphatic heterocycles. The zero-order valence-electron chi connectivity index (χ0n) is 17.5. The Morgan fingerprint density at radius 1 is 1.13 bits per heavy atom. The van der Waals surface area contributed by atoms with E-state index in [0.717, 1.165) is 17.0 Å². The van der Waals surface area contributed by atoms with Crippen LogP contribution in [0.1, 0.15) is 16.1 Å². The Balaban J connectivity index is 2.15. The van der Waals surface area contributed by atoms with Crippen LogP contribution in [0.3, 0.4) is 0 Å². The van der Waals surface area contributed by atoms with Crippen LogP contribution in [-0.2, 0) is 14.8 Å². The lowest BCUT2D eigenvalue weighted by molar-refractivity contribution is 0.0743. The quantitative estimate of drug-likeness (QED) is 0.582. The van der Waals surface area contributed by atoms with Gasteiger partial charge >= 0.3 is 0 Å². The van der Waals surface area contributed by atoms with Gasteiger partial charge < -0.3 is 14.2 Å². The van der Waals surface area contributed by atoms with Crippen molar-refractivity contribution in [3.05, 3.63) is 70.9 Å². The van der Waals surface area contributed by atoms with E-state index in [4.69, 9.17) is 21.5 Å². The fourth-order valence-electron chi connectivity index (χ4n) is 3.31. The van der Waals surface area contributed by atoms with E-state index in [1.165, 1.54) is 12.1 Å². The molecule has 1 aromatic heterocycles. The number of hydrogen-bond acceptors (Lipinski definition) is 4. The second-order valence-corrected chi connectivity index (χ2v) is 9.13. The Morgan fingerprint density at radius 3 is 2.29 bits per heavy atom. The number of amides is 1. The van der Waals surface area contributed by atoms with Crippen LogP contribution in [0.5, 0.6) is 0 Å². The van der Waals surface area contributed by atoms with Crippen LogP contribution in [0, 0.1) is 6.92 Å². The average molecular weight is 462 g/mol. The highest BCUT2D eigenvalue weighted by Crippen LogP contribution is 2.31. The van der Waals surface area contributed by atoms with Gasteiger partial charge in [-0.1, -0.05) is 23.7 Å². The lowest BCUT2D eigenvalue weighted by Gasteiger charge is -2.17. The number of aromatic nitrogens is 1. The number of ether oxygens (including phenoxy) is 1. The molecule has 0 radical (unpaired) electrons. The Bertz CT molecular complexity index is 1190. The molecule has 0 atom stereocenters. The first-order valence-corrected chi connectivity index (χ1v) is 11.4. The molecule has 164 valence electrons. The minimum atomic E-state index is -3.80. The third-order valence-electron chi connectivity index (χ3n) is 5.02. The summed E-state index contributed by atoms with van der Waals surface area (Å²) in [5.74, 6) is -0.135. The summed E-state index contributed by atoms with van der Waals surface area (Å²) in [6.45, 7) is 2.74. The van der Waals surface area contributed by atoms with Crippen LogP contribution >= 0.6 is 11.6 Å². The molecule has 3 rings (SSSR count).